The largest absolute Gasteiger partial charge is 0.375 e. The average Bonchev–Trinajstić information content (AvgIpc) is 2.16. The Bertz CT molecular complexity index is 352. The molecule has 0 aliphatic heterocycles. The normalized spacial score (nSPS) is 9.71. The summed E-state index contributed by atoms with van der Waals surface area (Å²) in [6.45, 7) is 0. The minimum absolute atomic E-state index is 0.0568. The quantitative estimate of drug-likeness (QED) is 0.412. The van der Waals surface area contributed by atoms with E-state index < -0.39 is 11.7 Å². The summed E-state index contributed by atoms with van der Waals surface area (Å²) in [5, 5.41) is 0. The number of hydrogen-bond acceptors (Lipinski definition) is 3. The standard InChI is InChI=1S/C9H12FN3O/c1-13(2)7-5-3-4-6(8(7)10)9(14)12-11/h3-5H,11H2,1-2H3,(H,12,14). The zero-order valence-corrected chi connectivity index (χ0v) is 8.04. The molecule has 76 valence electrons. The lowest BCUT2D eigenvalue weighted by molar-refractivity contribution is 0.0949. The number of benzene rings is 1. The molecule has 4 nitrogen and oxygen atoms in total. The van der Waals surface area contributed by atoms with Crippen molar-refractivity contribution in [3.8, 4) is 0 Å². The second-order valence-electron chi connectivity index (χ2n) is 3.01. The molecule has 1 rings (SSSR count). The molecule has 3 N–H and O–H groups in total. The van der Waals surface area contributed by atoms with Crippen molar-refractivity contribution in [3.63, 3.8) is 0 Å². The highest BCUT2D eigenvalue weighted by molar-refractivity contribution is 5.95. The number of hydrogen-bond donors (Lipinski definition) is 2. The van der Waals surface area contributed by atoms with Crippen LogP contribution in [0.2, 0.25) is 0 Å². The van der Waals surface area contributed by atoms with E-state index in [-0.39, 0.29) is 5.56 Å². The van der Waals surface area contributed by atoms with Gasteiger partial charge >= 0.3 is 0 Å². The second-order valence-corrected chi connectivity index (χ2v) is 3.01. The van der Waals surface area contributed by atoms with Gasteiger partial charge in [0.1, 0.15) is 0 Å². The number of halogens is 1. The molecule has 5 heteroatoms. The van der Waals surface area contributed by atoms with E-state index in [1.54, 1.807) is 31.1 Å². The van der Waals surface area contributed by atoms with E-state index in [1.807, 2.05) is 5.43 Å². The highest BCUT2D eigenvalue weighted by atomic mass is 19.1. The van der Waals surface area contributed by atoms with Gasteiger partial charge in [0, 0.05) is 14.1 Å². The Morgan fingerprint density at radius 3 is 2.64 bits per heavy atom. The fraction of sp³-hybridized carbons (Fsp3) is 0.222. The summed E-state index contributed by atoms with van der Waals surface area (Å²) in [6, 6.07) is 4.57. The molecule has 0 radical (unpaired) electrons. The Balaban J connectivity index is 3.20. The smallest absolute Gasteiger partial charge is 0.268 e. The lowest BCUT2D eigenvalue weighted by atomic mass is 10.1. The molecule has 0 unspecified atom stereocenters. The van der Waals surface area contributed by atoms with E-state index >= 15 is 0 Å². The molecule has 0 heterocycles. The monoisotopic (exact) mass is 197 g/mol. The molecular weight excluding hydrogens is 185 g/mol. The summed E-state index contributed by atoms with van der Waals surface area (Å²) in [7, 11) is 3.39. The summed E-state index contributed by atoms with van der Waals surface area (Å²) in [5.41, 5.74) is 2.19. The number of amides is 1. The van der Waals surface area contributed by atoms with Crippen LogP contribution in [0, 0.1) is 5.82 Å². The summed E-state index contributed by atoms with van der Waals surface area (Å²) in [6.07, 6.45) is 0. The second kappa shape index (κ2) is 4.06. The molecule has 0 atom stereocenters. The maximum Gasteiger partial charge on any atom is 0.268 e. The van der Waals surface area contributed by atoms with Crippen molar-refractivity contribution in [1.82, 2.24) is 5.43 Å². The van der Waals surface area contributed by atoms with Gasteiger partial charge in [0.05, 0.1) is 11.3 Å². The summed E-state index contributed by atoms with van der Waals surface area (Å²) < 4.78 is 13.6. The van der Waals surface area contributed by atoms with Crippen LogP contribution in [0.25, 0.3) is 0 Å². The molecule has 0 aliphatic rings. The average molecular weight is 197 g/mol. The van der Waals surface area contributed by atoms with Gasteiger partial charge in [0.15, 0.2) is 5.82 Å². The predicted octanol–water partition coefficient (Wildman–Crippen LogP) is 0.495. The topological polar surface area (TPSA) is 58.4 Å². The van der Waals surface area contributed by atoms with Gasteiger partial charge in [-0.05, 0) is 12.1 Å². The highest BCUT2D eigenvalue weighted by Crippen LogP contribution is 2.19. The van der Waals surface area contributed by atoms with Gasteiger partial charge in [0.25, 0.3) is 5.91 Å². The lowest BCUT2D eigenvalue weighted by Crippen LogP contribution is -2.31. The van der Waals surface area contributed by atoms with Crippen LogP contribution in [0.1, 0.15) is 10.4 Å². The van der Waals surface area contributed by atoms with Gasteiger partial charge < -0.3 is 4.90 Å². The van der Waals surface area contributed by atoms with Gasteiger partial charge in [0.2, 0.25) is 0 Å². The third-order valence-corrected chi connectivity index (χ3v) is 1.84. The van der Waals surface area contributed by atoms with Crippen LogP contribution in [0.3, 0.4) is 0 Å². The van der Waals surface area contributed by atoms with Crippen molar-refractivity contribution in [2.45, 2.75) is 0 Å². The number of nitrogens with one attached hydrogen (secondary N) is 1. The number of hydrazine groups is 1. The molecule has 1 aromatic carbocycles. The van der Waals surface area contributed by atoms with Crippen LogP contribution in [0.15, 0.2) is 18.2 Å². The van der Waals surface area contributed by atoms with Gasteiger partial charge in [-0.15, -0.1) is 0 Å². The molecule has 0 bridgehead atoms. The number of carbonyl (C=O) groups excluding carboxylic acids is 1. The first-order chi connectivity index (χ1) is 6.57. The molecule has 0 aromatic heterocycles. The van der Waals surface area contributed by atoms with Crippen LogP contribution in [0.5, 0.6) is 0 Å². The molecule has 0 aliphatic carbocycles. The third kappa shape index (κ3) is 1.82. The highest BCUT2D eigenvalue weighted by Gasteiger charge is 2.14. The van der Waals surface area contributed by atoms with Crippen molar-refractivity contribution in [2.24, 2.45) is 5.84 Å². The zero-order valence-electron chi connectivity index (χ0n) is 8.04. The fourth-order valence-corrected chi connectivity index (χ4v) is 1.12. The van der Waals surface area contributed by atoms with E-state index in [0.29, 0.717) is 5.69 Å². The SMILES string of the molecule is CN(C)c1cccc(C(=O)NN)c1F. The number of nitrogens with zero attached hydrogens (tertiary/aromatic N) is 1. The molecule has 0 saturated heterocycles. The molecule has 0 spiro atoms. The van der Waals surface area contributed by atoms with Crippen LogP contribution >= 0.6 is 0 Å². The fourth-order valence-electron chi connectivity index (χ4n) is 1.12. The summed E-state index contributed by atoms with van der Waals surface area (Å²) >= 11 is 0. The van der Waals surface area contributed by atoms with E-state index in [1.165, 1.54) is 6.07 Å². The van der Waals surface area contributed by atoms with Crippen molar-refractivity contribution in [3.05, 3.63) is 29.6 Å². The van der Waals surface area contributed by atoms with Crippen molar-refractivity contribution >= 4 is 11.6 Å². The Kier molecular flexibility index (Phi) is 3.03. The van der Waals surface area contributed by atoms with E-state index in [2.05, 4.69) is 0 Å². The summed E-state index contributed by atoms with van der Waals surface area (Å²) in [5.74, 6) is 3.72. The Labute approximate surface area is 81.5 Å². The lowest BCUT2D eigenvalue weighted by Gasteiger charge is -2.14. The maximum absolute atomic E-state index is 13.6. The van der Waals surface area contributed by atoms with Crippen molar-refractivity contribution < 1.29 is 9.18 Å². The van der Waals surface area contributed by atoms with E-state index in [4.69, 9.17) is 5.84 Å². The number of nitrogen functional groups attached to an aromatic ring is 1. The van der Waals surface area contributed by atoms with Crippen LogP contribution in [0.4, 0.5) is 10.1 Å². The number of carbonyl (C=O) groups is 1. The first kappa shape index (κ1) is 10.5. The van der Waals surface area contributed by atoms with Gasteiger partial charge in [-0.1, -0.05) is 6.07 Å². The Hall–Kier alpha value is -1.62. The first-order valence-electron chi connectivity index (χ1n) is 4.04. The number of nitrogens with two attached hydrogens (primary N) is 1. The van der Waals surface area contributed by atoms with Crippen LogP contribution in [-0.4, -0.2) is 20.0 Å². The van der Waals surface area contributed by atoms with Crippen LogP contribution in [-0.2, 0) is 0 Å². The van der Waals surface area contributed by atoms with E-state index in [9.17, 15) is 9.18 Å². The van der Waals surface area contributed by atoms with Crippen molar-refractivity contribution in [2.75, 3.05) is 19.0 Å². The first-order valence-corrected chi connectivity index (χ1v) is 4.04. The van der Waals surface area contributed by atoms with Crippen molar-refractivity contribution in [1.29, 1.82) is 0 Å². The minimum Gasteiger partial charge on any atom is -0.375 e. The molecule has 0 saturated carbocycles. The number of anilines is 1. The number of rotatable bonds is 2. The molecule has 14 heavy (non-hydrogen) atoms. The van der Waals surface area contributed by atoms with Gasteiger partial charge in [-0.3, -0.25) is 10.2 Å². The zero-order chi connectivity index (χ0) is 10.7. The molecular formula is C9H12FN3O. The third-order valence-electron chi connectivity index (χ3n) is 1.84. The molecule has 1 aromatic rings. The predicted molar refractivity (Wildman–Crippen MR) is 52.4 cm³/mol. The van der Waals surface area contributed by atoms with Gasteiger partial charge in [-0.2, -0.15) is 0 Å². The molecule has 0 fully saturated rings. The molecule has 1 amide bonds. The van der Waals surface area contributed by atoms with E-state index in [0.717, 1.165) is 0 Å². The Morgan fingerprint density at radius 1 is 1.50 bits per heavy atom. The Morgan fingerprint density at radius 2 is 2.14 bits per heavy atom. The van der Waals surface area contributed by atoms with Crippen LogP contribution < -0.4 is 16.2 Å². The maximum atomic E-state index is 13.6. The summed E-state index contributed by atoms with van der Waals surface area (Å²) in [4.78, 5) is 12.7. The van der Waals surface area contributed by atoms with Gasteiger partial charge in [-0.25, -0.2) is 10.2 Å². The minimum atomic E-state index is -0.633.